The fourth-order valence-electron chi connectivity index (χ4n) is 3.17. The first-order valence-corrected chi connectivity index (χ1v) is 9.85. The number of carbonyl (C=O) groups is 1. The Morgan fingerprint density at radius 2 is 1.88 bits per heavy atom. The number of carbonyl (C=O) groups excluding carboxylic acids is 1. The number of benzene rings is 2. The zero-order valence-corrected chi connectivity index (χ0v) is 15.6. The Hall–Kier alpha value is -2.25. The van der Waals surface area contributed by atoms with Crippen LogP contribution in [0.3, 0.4) is 0 Å². The number of anilines is 1. The number of rotatable bonds is 4. The van der Waals surface area contributed by atoms with Crippen LogP contribution in [0.25, 0.3) is 0 Å². The summed E-state index contributed by atoms with van der Waals surface area (Å²) in [6.07, 6.45) is 1.55. The highest BCUT2D eigenvalue weighted by atomic mass is 32.2. The van der Waals surface area contributed by atoms with Gasteiger partial charge < -0.3 is 4.90 Å². The number of fused-ring (bicyclic) bond motifs is 1. The van der Waals surface area contributed by atoms with Crippen LogP contribution in [0, 0.1) is 5.82 Å². The summed E-state index contributed by atoms with van der Waals surface area (Å²) >= 11 is 0. The van der Waals surface area contributed by atoms with Crippen LogP contribution >= 0.6 is 0 Å². The summed E-state index contributed by atoms with van der Waals surface area (Å²) in [7, 11) is -2.18. The van der Waals surface area contributed by atoms with E-state index in [1.807, 2.05) is 0 Å². The third-order valence-electron chi connectivity index (χ3n) is 4.58. The lowest BCUT2D eigenvalue weighted by molar-refractivity contribution is -0.116. The molecule has 2 aromatic carbocycles. The van der Waals surface area contributed by atoms with Gasteiger partial charge in [-0.1, -0.05) is 12.1 Å². The Morgan fingerprint density at radius 1 is 1.19 bits per heavy atom. The smallest absolute Gasteiger partial charge is 0.243 e. The monoisotopic (exact) mass is 376 g/mol. The number of hydrogen-bond acceptors (Lipinski definition) is 3. The van der Waals surface area contributed by atoms with Gasteiger partial charge in [0.25, 0.3) is 0 Å². The number of nitrogens with zero attached hydrogens (tertiary/aromatic N) is 2. The summed E-state index contributed by atoms with van der Waals surface area (Å²) in [4.78, 5) is 13.6. The van der Waals surface area contributed by atoms with Crippen LogP contribution in [0.4, 0.5) is 10.1 Å². The molecule has 0 radical (unpaired) electrons. The maximum Gasteiger partial charge on any atom is 0.243 e. The van der Waals surface area contributed by atoms with E-state index in [9.17, 15) is 17.6 Å². The molecule has 3 rings (SSSR count). The van der Waals surface area contributed by atoms with Crippen molar-refractivity contribution < 1.29 is 17.6 Å². The van der Waals surface area contributed by atoms with E-state index in [1.54, 1.807) is 29.2 Å². The van der Waals surface area contributed by atoms with Gasteiger partial charge in [-0.05, 0) is 54.3 Å². The predicted octanol–water partition coefficient (Wildman–Crippen LogP) is 2.95. The average molecular weight is 376 g/mol. The van der Waals surface area contributed by atoms with E-state index < -0.39 is 10.0 Å². The van der Waals surface area contributed by atoms with Crippen molar-refractivity contribution in [2.45, 2.75) is 31.2 Å². The minimum atomic E-state index is -3.68. The van der Waals surface area contributed by atoms with Gasteiger partial charge in [0.1, 0.15) is 5.82 Å². The lowest BCUT2D eigenvalue weighted by Gasteiger charge is -2.29. The average Bonchev–Trinajstić information content (AvgIpc) is 2.62. The molecule has 26 heavy (non-hydrogen) atoms. The second-order valence-corrected chi connectivity index (χ2v) is 8.50. The molecule has 0 saturated carbocycles. The van der Waals surface area contributed by atoms with Gasteiger partial charge in [-0.3, -0.25) is 4.79 Å². The van der Waals surface area contributed by atoms with Crippen molar-refractivity contribution in [2.24, 2.45) is 0 Å². The van der Waals surface area contributed by atoms with Gasteiger partial charge in [0.15, 0.2) is 0 Å². The normalized spacial score (nSPS) is 14.4. The highest BCUT2D eigenvalue weighted by molar-refractivity contribution is 7.89. The zero-order chi connectivity index (χ0) is 18.9. The molecule has 1 aliphatic rings. The van der Waals surface area contributed by atoms with E-state index >= 15 is 0 Å². The third-order valence-corrected chi connectivity index (χ3v) is 6.38. The Labute approximate surface area is 153 Å². The summed E-state index contributed by atoms with van der Waals surface area (Å²) in [5, 5.41) is 0. The van der Waals surface area contributed by atoms with Crippen molar-refractivity contribution in [3.8, 4) is 0 Å². The van der Waals surface area contributed by atoms with E-state index in [0.717, 1.165) is 24.1 Å². The van der Waals surface area contributed by atoms with Gasteiger partial charge in [0, 0.05) is 32.7 Å². The summed E-state index contributed by atoms with van der Waals surface area (Å²) in [6, 6.07) is 10.7. The minimum absolute atomic E-state index is 0.0463. The van der Waals surface area contributed by atoms with E-state index in [4.69, 9.17) is 0 Å². The maximum atomic E-state index is 13.0. The van der Waals surface area contributed by atoms with Crippen LogP contribution in [0.2, 0.25) is 0 Å². The molecule has 1 amide bonds. The Morgan fingerprint density at radius 3 is 2.54 bits per heavy atom. The second-order valence-electron chi connectivity index (χ2n) is 6.45. The van der Waals surface area contributed by atoms with Gasteiger partial charge in [-0.2, -0.15) is 4.31 Å². The van der Waals surface area contributed by atoms with Crippen LogP contribution in [0.1, 0.15) is 24.5 Å². The summed E-state index contributed by atoms with van der Waals surface area (Å²) < 4.78 is 40.0. The zero-order valence-electron chi connectivity index (χ0n) is 14.8. The summed E-state index contributed by atoms with van der Waals surface area (Å²) in [6.45, 7) is 2.31. The topological polar surface area (TPSA) is 57.7 Å². The molecule has 0 atom stereocenters. The predicted molar refractivity (Wildman–Crippen MR) is 97.8 cm³/mol. The van der Waals surface area contributed by atoms with Crippen molar-refractivity contribution in [1.82, 2.24) is 4.31 Å². The fraction of sp³-hybridized carbons (Fsp3) is 0.316. The summed E-state index contributed by atoms with van der Waals surface area (Å²) in [5.41, 5.74) is 2.35. The van der Waals surface area contributed by atoms with Gasteiger partial charge in [0.05, 0.1) is 4.90 Å². The quantitative estimate of drug-likeness (QED) is 0.824. The molecule has 0 fully saturated rings. The number of hydrogen-bond donors (Lipinski definition) is 0. The van der Waals surface area contributed by atoms with Crippen LogP contribution < -0.4 is 4.90 Å². The fourth-order valence-corrected chi connectivity index (χ4v) is 4.38. The van der Waals surface area contributed by atoms with Gasteiger partial charge in [-0.15, -0.1) is 0 Å². The second kappa shape index (κ2) is 7.17. The summed E-state index contributed by atoms with van der Waals surface area (Å²) in [5.74, 6) is -0.404. The molecular formula is C19H21FN2O3S. The molecular weight excluding hydrogens is 355 g/mol. The molecule has 0 N–H and O–H groups in total. The van der Waals surface area contributed by atoms with Crippen molar-refractivity contribution in [3.63, 3.8) is 0 Å². The largest absolute Gasteiger partial charge is 0.312 e. The van der Waals surface area contributed by atoms with Crippen LogP contribution in [-0.4, -0.2) is 32.2 Å². The molecule has 1 aliphatic heterocycles. The number of amides is 1. The number of sulfonamides is 1. The molecule has 7 heteroatoms. The maximum absolute atomic E-state index is 13.0. The van der Waals surface area contributed by atoms with Crippen molar-refractivity contribution in [3.05, 3.63) is 59.4 Å². The van der Waals surface area contributed by atoms with E-state index in [1.165, 1.54) is 36.5 Å². The highest BCUT2D eigenvalue weighted by Gasteiger charge is 2.25. The first-order valence-electron chi connectivity index (χ1n) is 8.41. The number of halogens is 1. The van der Waals surface area contributed by atoms with Crippen molar-refractivity contribution >= 4 is 21.6 Å². The molecule has 0 aromatic heterocycles. The van der Waals surface area contributed by atoms with Gasteiger partial charge in [0.2, 0.25) is 15.9 Å². The van der Waals surface area contributed by atoms with Gasteiger partial charge in [-0.25, -0.2) is 12.8 Å². The van der Waals surface area contributed by atoms with Crippen LogP contribution in [-0.2, 0) is 27.8 Å². The molecule has 0 unspecified atom stereocenters. The first kappa shape index (κ1) is 18.5. The third kappa shape index (κ3) is 3.64. The Kier molecular flexibility index (Phi) is 5.11. The van der Waals surface area contributed by atoms with E-state index in [-0.39, 0.29) is 23.2 Å². The standard InChI is InChI=1S/C19H21FN2O3S/c1-14(23)22-11-3-4-16-12-18(9-10-19(16)22)26(24,25)21(2)13-15-5-7-17(20)8-6-15/h5-10,12H,3-4,11,13H2,1-2H3. The SMILES string of the molecule is CC(=O)N1CCCc2cc(S(=O)(=O)N(C)Cc3ccc(F)cc3)ccc21. The van der Waals surface area contributed by atoms with Crippen LogP contribution in [0.5, 0.6) is 0 Å². The highest BCUT2D eigenvalue weighted by Crippen LogP contribution is 2.30. The van der Waals surface area contributed by atoms with Gasteiger partial charge >= 0.3 is 0 Å². The molecule has 5 nitrogen and oxygen atoms in total. The van der Waals surface area contributed by atoms with Crippen LogP contribution in [0.15, 0.2) is 47.4 Å². The van der Waals surface area contributed by atoms with Crippen molar-refractivity contribution in [1.29, 1.82) is 0 Å². The number of aryl methyl sites for hydroxylation is 1. The molecule has 0 bridgehead atoms. The lowest BCUT2D eigenvalue weighted by atomic mass is 10.0. The molecule has 1 heterocycles. The van der Waals surface area contributed by atoms with Crippen molar-refractivity contribution in [2.75, 3.05) is 18.5 Å². The van der Waals surface area contributed by atoms with E-state index in [2.05, 4.69) is 0 Å². The minimum Gasteiger partial charge on any atom is -0.312 e. The molecule has 0 saturated heterocycles. The molecule has 138 valence electrons. The molecule has 0 spiro atoms. The first-order chi connectivity index (χ1) is 12.3. The molecule has 2 aromatic rings. The Balaban J connectivity index is 1.87. The Bertz CT molecular complexity index is 926. The van der Waals surface area contributed by atoms with E-state index in [0.29, 0.717) is 12.1 Å². The molecule has 0 aliphatic carbocycles. The lowest BCUT2D eigenvalue weighted by Crippen LogP contribution is -2.34.